The summed E-state index contributed by atoms with van der Waals surface area (Å²) in [5.41, 5.74) is 3.66. The van der Waals surface area contributed by atoms with E-state index in [9.17, 15) is 0 Å². The number of aryl methyl sites for hydroxylation is 1. The van der Waals surface area contributed by atoms with Gasteiger partial charge in [0.25, 0.3) is 0 Å². The summed E-state index contributed by atoms with van der Waals surface area (Å²) in [7, 11) is 1.62. The molecule has 0 saturated heterocycles. The van der Waals surface area contributed by atoms with E-state index in [1.165, 1.54) is 17.7 Å². The van der Waals surface area contributed by atoms with E-state index in [4.69, 9.17) is 4.74 Å². The molecule has 2 aromatic rings. The highest BCUT2D eigenvalue weighted by atomic mass is 16.5. The maximum atomic E-state index is 5.12. The third-order valence-electron chi connectivity index (χ3n) is 3.25. The van der Waals surface area contributed by atoms with Crippen molar-refractivity contribution < 1.29 is 4.74 Å². The number of anilines is 3. The van der Waals surface area contributed by atoms with Gasteiger partial charge in [-0.2, -0.15) is 4.98 Å². The summed E-state index contributed by atoms with van der Waals surface area (Å²) in [4.78, 5) is 4.35. The van der Waals surface area contributed by atoms with Crippen LogP contribution in [0.5, 0.6) is 5.88 Å². The van der Waals surface area contributed by atoms with E-state index in [0.717, 1.165) is 24.5 Å². The molecule has 1 aliphatic rings. The lowest BCUT2D eigenvalue weighted by molar-refractivity contribution is 0.398. The number of pyridine rings is 1. The molecule has 1 aromatic heterocycles. The van der Waals surface area contributed by atoms with Gasteiger partial charge in [0.15, 0.2) is 0 Å². The number of benzene rings is 1. The highest BCUT2D eigenvalue weighted by Gasteiger charge is 2.09. The van der Waals surface area contributed by atoms with Crippen molar-refractivity contribution in [3.63, 3.8) is 0 Å². The maximum absolute atomic E-state index is 5.12. The summed E-state index contributed by atoms with van der Waals surface area (Å²) in [5, 5.41) is 6.72. The smallest absolute Gasteiger partial charge is 0.214 e. The molecule has 2 heterocycles. The van der Waals surface area contributed by atoms with E-state index in [0.29, 0.717) is 5.88 Å². The number of methoxy groups -OCH3 is 1. The number of hydrogen-bond acceptors (Lipinski definition) is 4. The van der Waals surface area contributed by atoms with Crippen molar-refractivity contribution in [1.82, 2.24) is 4.98 Å². The molecule has 0 atom stereocenters. The molecule has 0 saturated carbocycles. The van der Waals surface area contributed by atoms with Crippen molar-refractivity contribution in [3.05, 3.63) is 42.0 Å². The van der Waals surface area contributed by atoms with Crippen molar-refractivity contribution in [2.75, 3.05) is 24.3 Å². The highest BCUT2D eigenvalue weighted by Crippen LogP contribution is 2.26. The topological polar surface area (TPSA) is 46.2 Å². The Morgan fingerprint density at radius 1 is 1.26 bits per heavy atom. The average Bonchev–Trinajstić information content (AvgIpc) is 2.47. The predicted molar refractivity (Wildman–Crippen MR) is 77.3 cm³/mol. The molecule has 0 aliphatic carbocycles. The Labute approximate surface area is 112 Å². The first-order chi connectivity index (χ1) is 9.35. The number of rotatable bonds is 3. The number of nitrogens with zero attached hydrogens (tertiary/aromatic N) is 1. The SMILES string of the molecule is COc1cccc(Nc2ccc3c(c2)CCCN3)n1. The van der Waals surface area contributed by atoms with Gasteiger partial charge >= 0.3 is 0 Å². The first kappa shape index (κ1) is 11.8. The predicted octanol–water partition coefficient (Wildman–Crippen LogP) is 3.19. The van der Waals surface area contributed by atoms with Gasteiger partial charge < -0.3 is 15.4 Å². The van der Waals surface area contributed by atoms with Crippen LogP contribution in [-0.2, 0) is 6.42 Å². The molecule has 3 rings (SSSR count). The lowest BCUT2D eigenvalue weighted by Crippen LogP contribution is -2.11. The second kappa shape index (κ2) is 5.18. The van der Waals surface area contributed by atoms with Crippen LogP contribution in [0.4, 0.5) is 17.2 Å². The van der Waals surface area contributed by atoms with Crippen molar-refractivity contribution in [2.45, 2.75) is 12.8 Å². The second-order valence-corrected chi connectivity index (χ2v) is 4.59. The summed E-state index contributed by atoms with van der Waals surface area (Å²) in [5.74, 6) is 1.41. The number of aromatic nitrogens is 1. The first-order valence-electron chi connectivity index (χ1n) is 6.50. The Bertz CT molecular complexity index is 583. The second-order valence-electron chi connectivity index (χ2n) is 4.59. The zero-order valence-corrected chi connectivity index (χ0v) is 10.9. The largest absolute Gasteiger partial charge is 0.481 e. The van der Waals surface area contributed by atoms with E-state index in [2.05, 4.69) is 33.8 Å². The molecule has 2 N–H and O–H groups in total. The van der Waals surface area contributed by atoms with Crippen LogP contribution in [0, 0.1) is 0 Å². The van der Waals surface area contributed by atoms with E-state index in [1.807, 2.05) is 18.2 Å². The van der Waals surface area contributed by atoms with Gasteiger partial charge in [0.2, 0.25) is 5.88 Å². The zero-order chi connectivity index (χ0) is 13.1. The van der Waals surface area contributed by atoms with Crippen LogP contribution in [0.1, 0.15) is 12.0 Å². The fraction of sp³-hybridized carbons (Fsp3) is 0.267. The van der Waals surface area contributed by atoms with E-state index in [1.54, 1.807) is 7.11 Å². The minimum Gasteiger partial charge on any atom is -0.481 e. The molecule has 98 valence electrons. The monoisotopic (exact) mass is 255 g/mol. The molecular formula is C15H17N3O. The van der Waals surface area contributed by atoms with Crippen LogP contribution in [0.3, 0.4) is 0 Å². The van der Waals surface area contributed by atoms with Crippen LogP contribution in [0.15, 0.2) is 36.4 Å². The summed E-state index contributed by atoms with van der Waals surface area (Å²) >= 11 is 0. The number of ether oxygens (including phenoxy) is 1. The highest BCUT2D eigenvalue weighted by molar-refractivity contribution is 5.64. The molecule has 1 aliphatic heterocycles. The van der Waals surface area contributed by atoms with Crippen LogP contribution in [-0.4, -0.2) is 18.6 Å². The molecule has 4 heteroatoms. The van der Waals surface area contributed by atoms with Gasteiger partial charge in [0, 0.05) is 24.0 Å². The minimum absolute atomic E-state index is 0.615. The van der Waals surface area contributed by atoms with Crippen LogP contribution < -0.4 is 15.4 Å². The zero-order valence-electron chi connectivity index (χ0n) is 10.9. The molecule has 0 fully saturated rings. The Hall–Kier alpha value is -2.23. The molecule has 19 heavy (non-hydrogen) atoms. The molecule has 0 amide bonds. The van der Waals surface area contributed by atoms with Crippen molar-refractivity contribution in [3.8, 4) is 5.88 Å². The Kier molecular flexibility index (Phi) is 3.23. The standard InChI is InChI=1S/C15H17N3O/c1-19-15-6-2-5-14(18-15)17-12-7-8-13-11(10-12)4-3-9-16-13/h2,5-8,10,16H,3-4,9H2,1H3,(H,17,18). The Morgan fingerprint density at radius 2 is 2.21 bits per heavy atom. The van der Waals surface area contributed by atoms with Crippen LogP contribution in [0.25, 0.3) is 0 Å². The fourth-order valence-electron chi connectivity index (χ4n) is 2.30. The summed E-state index contributed by atoms with van der Waals surface area (Å²) < 4.78 is 5.12. The lowest BCUT2D eigenvalue weighted by atomic mass is 10.0. The molecule has 0 spiro atoms. The Morgan fingerprint density at radius 3 is 3.11 bits per heavy atom. The first-order valence-corrected chi connectivity index (χ1v) is 6.50. The van der Waals surface area contributed by atoms with Crippen molar-refractivity contribution in [1.29, 1.82) is 0 Å². The third kappa shape index (κ3) is 2.62. The molecule has 1 aromatic carbocycles. The van der Waals surface area contributed by atoms with Crippen LogP contribution >= 0.6 is 0 Å². The molecular weight excluding hydrogens is 238 g/mol. The summed E-state index contributed by atoms with van der Waals surface area (Å²) in [6, 6.07) is 12.1. The van der Waals surface area contributed by atoms with Gasteiger partial charge in [-0.1, -0.05) is 6.07 Å². The van der Waals surface area contributed by atoms with Crippen molar-refractivity contribution in [2.24, 2.45) is 0 Å². The van der Waals surface area contributed by atoms with E-state index in [-0.39, 0.29) is 0 Å². The van der Waals surface area contributed by atoms with Gasteiger partial charge in [0.05, 0.1) is 7.11 Å². The molecule has 0 bridgehead atoms. The number of hydrogen-bond donors (Lipinski definition) is 2. The average molecular weight is 255 g/mol. The normalized spacial score (nSPS) is 13.3. The Balaban J connectivity index is 1.82. The fourth-order valence-corrected chi connectivity index (χ4v) is 2.30. The number of fused-ring (bicyclic) bond motifs is 1. The number of nitrogens with one attached hydrogen (secondary N) is 2. The quantitative estimate of drug-likeness (QED) is 0.884. The van der Waals surface area contributed by atoms with Gasteiger partial charge in [-0.15, -0.1) is 0 Å². The summed E-state index contributed by atoms with van der Waals surface area (Å²) in [6.45, 7) is 1.07. The van der Waals surface area contributed by atoms with Gasteiger partial charge in [-0.3, -0.25) is 0 Å². The molecule has 0 radical (unpaired) electrons. The van der Waals surface area contributed by atoms with Gasteiger partial charge in [-0.25, -0.2) is 0 Å². The van der Waals surface area contributed by atoms with E-state index >= 15 is 0 Å². The third-order valence-corrected chi connectivity index (χ3v) is 3.25. The van der Waals surface area contributed by atoms with Crippen molar-refractivity contribution >= 4 is 17.2 Å². The van der Waals surface area contributed by atoms with E-state index < -0.39 is 0 Å². The lowest BCUT2D eigenvalue weighted by Gasteiger charge is -2.19. The van der Waals surface area contributed by atoms with Crippen LogP contribution in [0.2, 0.25) is 0 Å². The van der Waals surface area contributed by atoms with Gasteiger partial charge in [0.1, 0.15) is 5.82 Å². The maximum Gasteiger partial charge on any atom is 0.214 e. The minimum atomic E-state index is 0.615. The van der Waals surface area contributed by atoms with Gasteiger partial charge in [-0.05, 0) is 42.7 Å². The molecule has 4 nitrogen and oxygen atoms in total. The summed E-state index contributed by atoms with van der Waals surface area (Å²) in [6.07, 6.45) is 2.32. The molecule has 0 unspecified atom stereocenters.